The first-order valence-corrected chi connectivity index (χ1v) is 9.64. The van der Waals surface area contributed by atoms with Gasteiger partial charge in [-0.25, -0.2) is 9.13 Å². The van der Waals surface area contributed by atoms with Gasteiger partial charge in [-0.05, 0) is 0 Å². The van der Waals surface area contributed by atoms with Gasteiger partial charge < -0.3 is 29.3 Å². The van der Waals surface area contributed by atoms with Gasteiger partial charge in [0.05, 0.1) is 19.8 Å². The van der Waals surface area contributed by atoms with Crippen LogP contribution in [0, 0.1) is 0 Å². The third kappa shape index (κ3) is 15.1. The van der Waals surface area contributed by atoms with Crippen LogP contribution in [0.5, 0.6) is 0 Å². The van der Waals surface area contributed by atoms with E-state index in [1.54, 1.807) is 0 Å². The molecule has 0 fully saturated rings. The number of hydrogen-bond acceptors (Lipinski definition) is 10. The highest BCUT2D eigenvalue weighted by atomic mass is 31.2. The zero-order valence-electron chi connectivity index (χ0n) is 13.3. The minimum absolute atomic E-state index is 0.423. The van der Waals surface area contributed by atoms with Gasteiger partial charge in [0, 0.05) is 13.8 Å². The summed E-state index contributed by atoms with van der Waals surface area (Å²) >= 11 is 0. The van der Waals surface area contributed by atoms with Gasteiger partial charge in [-0.2, -0.15) is 0 Å². The molecule has 0 aliphatic heterocycles. The standard InChI is InChI=1S/C10H20O13P2/c1-7(11)19-5-10(23-8(2)12)6-22-25(17,18)21-4-9(13)3-20-24(14,15)16/h9-10,13H,3-6H2,1-2H3,(H,17,18)(H2,14,15,16). The molecule has 0 bridgehead atoms. The third-order valence-corrected chi connectivity index (χ3v) is 3.53. The SMILES string of the molecule is CC(=O)OCC(COP(=O)(O)OCC(O)COP(=O)(O)O)OC(C)=O. The van der Waals surface area contributed by atoms with Crippen LogP contribution in [0.1, 0.15) is 13.8 Å². The molecule has 0 aliphatic carbocycles. The molecule has 0 aromatic rings. The molecule has 0 aromatic carbocycles. The third-order valence-electron chi connectivity index (χ3n) is 2.09. The fraction of sp³-hybridized carbons (Fsp3) is 0.800. The molecule has 0 aliphatic rings. The maximum Gasteiger partial charge on any atom is 0.472 e. The van der Waals surface area contributed by atoms with Crippen molar-refractivity contribution in [3.63, 3.8) is 0 Å². The van der Waals surface area contributed by atoms with Crippen LogP contribution in [0.15, 0.2) is 0 Å². The van der Waals surface area contributed by atoms with Crippen LogP contribution in [0.2, 0.25) is 0 Å². The van der Waals surface area contributed by atoms with E-state index >= 15 is 0 Å². The van der Waals surface area contributed by atoms with E-state index in [2.05, 4.69) is 18.3 Å². The maximum absolute atomic E-state index is 11.6. The molecule has 15 heteroatoms. The molecular weight excluding hydrogens is 390 g/mol. The van der Waals surface area contributed by atoms with E-state index in [0.717, 1.165) is 13.8 Å². The smallest absolute Gasteiger partial charge is 0.462 e. The van der Waals surface area contributed by atoms with E-state index in [1.807, 2.05) is 0 Å². The topological polar surface area (TPSA) is 195 Å². The summed E-state index contributed by atoms with van der Waals surface area (Å²) in [5.41, 5.74) is 0. The van der Waals surface area contributed by atoms with Gasteiger partial charge in [0.2, 0.25) is 0 Å². The molecule has 0 rings (SSSR count). The van der Waals surface area contributed by atoms with Crippen LogP contribution < -0.4 is 0 Å². The van der Waals surface area contributed by atoms with Crippen molar-refractivity contribution in [3.05, 3.63) is 0 Å². The molecule has 0 saturated heterocycles. The summed E-state index contributed by atoms with van der Waals surface area (Å²) in [6.07, 6.45) is -2.80. The highest BCUT2D eigenvalue weighted by Crippen LogP contribution is 2.43. The van der Waals surface area contributed by atoms with Gasteiger partial charge in [-0.1, -0.05) is 0 Å². The Morgan fingerprint density at radius 1 is 0.880 bits per heavy atom. The van der Waals surface area contributed by atoms with E-state index in [0.29, 0.717) is 0 Å². The second kappa shape index (κ2) is 11.0. The predicted molar refractivity (Wildman–Crippen MR) is 77.9 cm³/mol. The minimum atomic E-state index is -4.81. The summed E-state index contributed by atoms with van der Waals surface area (Å²) in [7, 11) is -9.50. The fourth-order valence-electron chi connectivity index (χ4n) is 1.19. The monoisotopic (exact) mass is 410 g/mol. The van der Waals surface area contributed by atoms with Crippen molar-refractivity contribution in [2.45, 2.75) is 26.1 Å². The first kappa shape index (κ1) is 24.1. The highest BCUT2D eigenvalue weighted by Gasteiger charge is 2.27. The van der Waals surface area contributed by atoms with E-state index < -0.39 is 66.2 Å². The lowest BCUT2D eigenvalue weighted by Gasteiger charge is -2.19. The van der Waals surface area contributed by atoms with Crippen molar-refractivity contribution in [1.29, 1.82) is 0 Å². The summed E-state index contributed by atoms with van der Waals surface area (Å²) in [4.78, 5) is 47.9. The Kier molecular flexibility index (Phi) is 10.6. The first-order chi connectivity index (χ1) is 11.3. The normalized spacial score (nSPS) is 16.6. The summed E-state index contributed by atoms with van der Waals surface area (Å²) in [5, 5.41) is 9.31. The van der Waals surface area contributed by atoms with Gasteiger partial charge >= 0.3 is 27.6 Å². The van der Waals surface area contributed by atoms with Crippen molar-refractivity contribution in [1.82, 2.24) is 0 Å². The number of hydrogen-bond donors (Lipinski definition) is 4. The van der Waals surface area contributed by atoms with Crippen molar-refractivity contribution >= 4 is 27.6 Å². The Morgan fingerprint density at radius 3 is 1.88 bits per heavy atom. The van der Waals surface area contributed by atoms with E-state index in [-0.39, 0.29) is 0 Å². The Balaban J connectivity index is 4.37. The lowest BCUT2D eigenvalue weighted by Crippen LogP contribution is -2.28. The number of esters is 2. The number of carbonyl (C=O) groups is 2. The van der Waals surface area contributed by atoms with Crippen molar-refractivity contribution in [2.75, 3.05) is 26.4 Å². The molecular formula is C10H20O13P2. The second-order valence-corrected chi connectivity index (χ2v) is 7.23. The quantitative estimate of drug-likeness (QED) is 0.228. The van der Waals surface area contributed by atoms with Gasteiger partial charge in [0.25, 0.3) is 0 Å². The van der Waals surface area contributed by atoms with Crippen LogP contribution in [0.4, 0.5) is 0 Å². The van der Waals surface area contributed by atoms with Crippen LogP contribution in [-0.2, 0) is 41.8 Å². The van der Waals surface area contributed by atoms with Gasteiger partial charge in [-0.3, -0.25) is 23.2 Å². The summed E-state index contributed by atoms with van der Waals surface area (Å²) in [6.45, 7) is -0.605. The fourth-order valence-corrected chi connectivity index (χ4v) is 2.34. The number of aliphatic hydroxyl groups is 1. The number of phosphoric acid groups is 2. The second-order valence-electron chi connectivity index (χ2n) is 4.53. The summed E-state index contributed by atoms with van der Waals surface area (Å²) < 4.78 is 44.2. The molecule has 0 heterocycles. The molecule has 25 heavy (non-hydrogen) atoms. The number of aliphatic hydroxyl groups excluding tert-OH is 1. The molecule has 0 radical (unpaired) electrons. The van der Waals surface area contributed by atoms with Crippen LogP contribution >= 0.6 is 15.6 Å². The Bertz CT molecular complexity index is 529. The summed E-state index contributed by atoms with van der Waals surface area (Å²) in [5.74, 6) is -1.42. The molecule has 3 unspecified atom stereocenters. The average Bonchev–Trinajstić information content (AvgIpc) is 2.44. The Morgan fingerprint density at radius 2 is 1.40 bits per heavy atom. The van der Waals surface area contributed by atoms with Gasteiger partial charge in [0.1, 0.15) is 12.7 Å². The van der Waals surface area contributed by atoms with Crippen molar-refractivity contribution in [3.8, 4) is 0 Å². The van der Waals surface area contributed by atoms with Gasteiger partial charge in [0.15, 0.2) is 6.10 Å². The van der Waals surface area contributed by atoms with Gasteiger partial charge in [-0.15, -0.1) is 0 Å². The molecule has 13 nitrogen and oxygen atoms in total. The number of rotatable bonds is 12. The van der Waals surface area contributed by atoms with Crippen molar-refractivity contribution in [2.24, 2.45) is 0 Å². The largest absolute Gasteiger partial charge is 0.472 e. The molecule has 0 amide bonds. The van der Waals surface area contributed by atoms with Crippen LogP contribution in [0.3, 0.4) is 0 Å². The maximum atomic E-state index is 11.6. The molecule has 0 aromatic heterocycles. The molecule has 3 atom stereocenters. The van der Waals surface area contributed by atoms with Crippen LogP contribution in [-0.4, -0.2) is 70.4 Å². The molecule has 0 spiro atoms. The number of carbonyl (C=O) groups excluding carboxylic acids is 2. The number of phosphoric ester groups is 2. The first-order valence-electron chi connectivity index (χ1n) is 6.61. The Hall–Kier alpha value is -0.880. The highest BCUT2D eigenvalue weighted by molar-refractivity contribution is 7.47. The summed E-state index contributed by atoms with van der Waals surface area (Å²) in [6, 6.07) is 0. The zero-order chi connectivity index (χ0) is 19.7. The lowest BCUT2D eigenvalue weighted by molar-refractivity contribution is -0.158. The van der Waals surface area contributed by atoms with Crippen LogP contribution in [0.25, 0.3) is 0 Å². The van der Waals surface area contributed by atoms with Crippen molar-refractivity contribution < 1.29 is 61.6 Å². The zero-order valence-corrected chi connectivity index (χ0v) is 15.1. The lowest BCUT2D eigenvalue weighted by atomic mass is 10.4. The number of ether oxygens (including phenoxy) is 2. The predicted octanol–water partition coefficient (Wildman–Crippen LogP) is -0.915. The van der Waals surface area contributed by atoms with E-state index in [9.17, 15) is 28.7 Å². The molecule has 148 valence electrons. The molecule has 4 N–H and O–H groups in total. The average molecular weight is 410 g/mol. The minimum Gasteiger partial charge on any atom is -0.462 e. The molecule has 0 saturated carbocycles. The van der Waals surface area contributed by atoms with E-state index in [1.165, 1.54) is 0 Å². The van der Waals surface area contributed by atoms with E-state index in [4.69, 9.17) is 14.5 Å². The Labute approximate surface area is 142 Å².